The lowest BCUT2D eigenvalue weighted by atomic mass is 10.1. The van der Waals surface area contributed by atoms with Crippen LogP contribution in [0.15, 0.2) is 36.4 Å². The van der Waals surface area contributed by atoms with Crippen LogP contribution in [0.3, 0.4) is 0 Å². The first-order valence-electron chi connectivity index (χ1n) is 7.79. The van der Waals surface area contributed by atoms with Gasteiger partial charge in [0.15, 0.2) is 0 Å². The number of benzene rings is 1. The molecule has 0 saturated carbocycles. The van der Waals surface area contributed by atoms with Crippen LogP contribution in [0.1, 0.15) is 34.6 Å². The normalized spacial score (nSPS) is 16.0. The molecule has 22 heavy (non-hydrogen) atoms. The van der Waals surface area contributed by atoms with Gasteiger partial charge in [0, 0.05) is 30.2 Å². The van der Waals surface area contributed by atoms with E-state index in [9.17, 15) is 9.90 Å². The van der Waals surface area contributed by atoms with E-state index in [2.05, 4.69) is 4.57 Å². The molecule has 0 atom stereocenters. The Bertz CT molecular complexity index is 668. The number of amides is 1. The number of rotatable bonds is 2. The molecule has 4 heteroatoms. The van der Waals surface area contributed by atoms with Crippen LogP contribution in [0.5, 0.6) is 0 Å². The molecular weight excluding hydrogens is 276 g/mol. The molecule has 2 aromatic rings. The lowest BCUT2D eigenvalue weighted by Gasteiger charge is -2.29. The van der Waals surface area contributed by atoms with Crippen LogP contribution in [0.4, 0.5) is 0 Å². The molecule has 1 aliphatic heterocycles. The highest BCUT2D eigenvalue weighted by Gasteiger charge is 2.25. The molecule has 0 bridgehead atoms. The first-order chi connectivity index (χ1) is 10.6. The molecule has 1 fully saturated rings. The van der Waals surface area contributed by atoms with Gasteiger partial charge in [-0.2, -0.15) is 0 Å². The summed E-state index contributed by atoms with van der Waals surface area (Å²) >= 11 is 0. The lowest BCUT2D eigenvalue weighted by molar-refractivity contribution is 0.0546. The summed E-state index contributed by atoms with van der Waals surface area (Å²) < 4.78 is 2.12. The molecule has 1 aromatic carbocycles. The fraction of sp³-hybridized carbons (Fsp3) is 0.389. The lowest BCUT2D eigenvalue weighted by Crippen LogP contribution is -2.40. The summed E-state index contributed by atoms with van der Waals surface area (Å²) in [5, 5.41) is 9.59. The SMILES string of the molecule is Cc1cc(C(=O)N2CCC(O)CC2)c(C)n1-c1ccccc1. The highest BCUT2D eigenvalue weighted by molar-refractivity contribution is 5.96. The van der Waals surface area contributed by atoms with E-state index < -0.39 is 0 Å². The number of likely N-dealkylation sites (tertiary alicyclic amines) is 1. The molecule has 4 nitrogen and oxygen atoms in total. The molecule has 1 saturated heterocycles. The van der Waals surface area contributed by atoms with Crippen LogP contribution in [0.2, 0.25) is 0 Å². The van der Waals surface area contributed by atoms with Crippen molar-refractivity contribution < 1.29 is 9.90 Å². The molecule has 1 aromatic heterocycles. The standard InChI is InChI=1S/C18H22N2O2/c1-13-12-17(18(22)19-10-8-16(21)9-11-19)14(2)20(13)15-6-4-3-5-7-15/h3-7,12,16,21H,8-11H2,1-2H3. The molecule has 3 rings (SSSR count). The van der Waals surface area contributed by atoms with Crippen molar-refractivity contribution >= 4 is 5.91 Å². The molecule has 0 aliphatic carbocycles. The van der Waals surface area contributed by atoms with Crippen molar-refractivity contribution in [1.29, 1.82) is 0 Å². The zero-order valence-electron chi connectivity index (χ0n) is 13.1. The van der Waals surface area contributed by atoms with Crippen LogP contribution in [0.25, 0.3) is 5.69 Å². The van der Waals surface area contributed by atoms with E-state index in [0.29, 0.717) is 25.9 Å². The molecule has 2 heterocycles. The highest BCUT2D eigenvalue weighted by Crippen LogP contribution is 2.23. The van der Waals surface area contributed by atoms with Gasteiger partial charge in [-0.15, -0.1) is 0 Å². The van der Waals surface area contributed by atoms with E-state index in [1.54, 1.807) is 0 Å². The van der Waals surface area contributed by atoms with Crippen molar-refractivity contribution in [3.8, 4) is 5.69 Å². The number of aryl methyl sites for hydroxylation is 1. The second kappa shape index (κ2) is 5.97. The van der Waals surface area contributed by atoms with E-state index >= 15 is 0 Å². The van der Waals surface area contributed by atoms with Crippen molar-refractivity contribution in [2.24, 2.45) is 0 Å². The quantitative estimate of drug-likeness (QED) is 0.926. The van der Waals surface area contributed by atoms with Crippen molar-refractivity contribution in [3.05, 3.63) is 53.3 Å². The topological polar surface area (TPSA) is 45.5 Å². The number of hydrogen-bond donors (Lipinski definition) is 1. The van der Waals surface area contributed by atoms with Crippen LogP contribution >= 0.6 is 0 Å². The zero-order chi connectivity index (χ0) is 15.7. The summed E-state index contributed by atoms with van der Waals surface area (Å²) in [5.74, 6) is 0.0715. The van der Waals surface area contributed by atoms with Crippen molar-refractivity contribution in [3.63, 3.8) is 0 Å². The van der Waals surface area contributed by atoms with Gasteiger partial charge >= 0.3 is 0 Å². The largest absolute Gasteiger partial charge is 0.393 e. The predicted octanol–water partition coefficient (Wildman–Crippen LogP) is 2.69. The highest BCUT2D eigenvalue weighted by atomic mass is 16.3. The molecule has 0 unspecified atom stereocenters. The van der Waals surface area contributed by atoms with Crippen molar-refractivity contribution in [1.82, 2.24) is 9.47 Å². The third-order valence-corrected chi connectivity index (χ3v) is 4.43. The van der Waals surface area contributed by atoms with Crippen LogP contribution in [-0.4, -0.2) is 39.7 Å². The summed E-state index contributed by atoms with van der Waals surface area (Å²) in [6, 6.07) is 12.1. The molecule has 0 spiro atoms. The first kappa shape index (κ1) is 14.9. The Hall–Kier alpha value is -2.07. The minimum Gasteiger partial charge on any atom is -0.393 e. The van der Waals surface area contributed by atoms with Crippen LogP contribution in [-0.2, 0) is 0 Å². The number of carbonyl (C=O) groups excluding carboxylic acids is 1. The number of aromatic nitrogens is 1. The van der Waals surface area contributed by atoms with Gasteiger partial charge in [0.05, 0.1) is 11.7 Å². The molecule has 0 radical (unpaired) electrons. The van der Waals surface area contributed by atoms with Gasteiger partial charge in [-0.1, -0.05) is 18.2 Å². The van der Waals surface area contributed by atoms with E-state index in [0.717, 1.165) is 22.6 Å². The number of nitrogens with zero attached hydrogens (tertiary/aromatic N) is 2. The number of piperidine rings is 1. The van der Waals surface area contributed by atoms with E-state index in [-0.39, 0.29) is 12.0 Å². The number of para-hydroxylation sites is 1. The van der Waals surface area contributed by atoms with Crippen LogP contribution in [0, 0.1) is 13.8 Å². The Balaban J connectivity index is 1.91. The Labute approximate surface area is 131 Å². The number of aliphatic hydroxyl groups excluding tert-OH is 1. The molecule has 1 N–H and O–H groups in total. The monoisotopic (exact) mass is 298 g/mol. The van der Waals surface area contributed by atoms with E-state index in [4.69, 9.17) is 0 Å². The van der Waals surface area contributed by atoms with Gasteiger partial charge in [-0.3, -0.25) is 4.79 Å². The summed E-state index contributed by atoms with van der Waals surface area (Å²) in [6.07, 6.45) is 1.08. The summed E-state index contributed by atoms with van der Waals surface area (Å²) in [4.78, 5) is 14.6. The van der Waals surface area contributed by atoms with Gasteiger partial charge in [0.25, 0.3) is 5.91 Å². The first-order valence-corrected chi connectivity index (χ1v) is 7.79. The fourth-order valence-electron chi connectivity index (χ4n) is 3.19. The van der Waals surface area contributed by atoms with Gasteiger partial charge in [-0.05, 0) is 44.9 Å². The average molecular weight is 298 g/mol. The van der Waals surface area contributed by atoms with Crippen LogP contribution < -0.4 is 0 Å². The smallest absolute Gasteiger partial charge is 0.255 e. The number of carbonyl (C=O) groups is 1. The molecule has 116 valence electrons. The Kier molecular flexibility index (Phi) is 4.03. The second-order valence-corrected chi connectivity index (χ2v) is 5.98. The zero-order valence-corrected chi connectivity index (χ0v) is 13.1. The third-order valence-electron chi connectivity index (χ3n) is 4.43. The van der Waals surface area contributed by atoms with Gasteiger partial charge in [0.1, 0.15) is 0 Å². The Morgan fingerprint density at radius 2 is 1.77 bits per heavy atom. The Morgan fingerprint density at radius 1 is 1.14 bits per heavy atom. The number of hydrogen-bond acceptors (Lipinski definition) is 2. The fourth-order valence-corrected chi connectivity index (χ4v) is 3.19. The average Bonchev–Trinajstić information content (AvgIpc) is 2.83. The summed E-state index contributed by atoms with van der Waals surface area (Å²) in [6.45, 7) is 5.28. The number of aliphatic hydroxyl groups is 1. The summed E-state index contributed by atoms with van der Waals surface area (Å²) in [5.41, 5.74) is 3.87. The second-order valence-electron chi connectivity index (χ2n) is 5.98. The van der Waals surface area contributed by atoms with E-state index in [1.165, 1.54) is 0 Å². The maximum atomic E-state index is 12.8. The maximum absolute atomic E-state index is 12.8. The van der Waals surface area contributed by atoms with Crippen molar-refractivity contribution in [2.75, 3.05) is 13.1 Å². The van der Waals surface area contributed by atoms with E-state index in [1.807, 2.05) is 55.1 Å². The minimum atomic E-state index is -0.263. The minimum absolute atomic E-state index is 0.0715. The van der Waals surface area contributed by atoms with Gasteiger partial charge < -0.3 is 14.6 Å². The maximum Gasteiger partial charge on any atom is 0.255 e. The molecule has 1 aliphatic rings. The molecular formula is C18H22N2O2. The third kappa shape index (κ3) is 2.66. The summed E-state index contributed by atoms with van der Waals surface area (Å²) in [7, 11) is 0. The van der Waals surface area contributed by atoms with Crippen molar-refractivity contribution in [2.45, 2.75) is 32.8 Å². The van der Waals surface area contributed by atoms with Gasteiger partial charge in [-0.25, -0.2) is 0 Å². The predicted molar refractivity (Wildman–Crippen MR) is 86.4 cm³/mol. The Morgan fingerprint density at radius 3 is 2.41 bits per heavy atom. The molecule has 1 amide bonds. The van der Waals surface area contributed by atoms with Gasteiger partial charge in [0.2, 0.25) is 0 Å².